The smallest absolute Gasteiger partial charge is 0.324 e. The molecule has 2 aromatic carbocycles. The fourth-order valence-electron chi connectivity index (χ4n) is 5.25. The minimum absolute atomic E-state index is 0. The molecule has 1 atom stereocenters. The number of likely N-dealkylation sites (N-methyl/N-ethyl adjacent to an activating group) is 1. The number of piperidine rings is 1. The van der Waals surface area contributed by atoms with Gasteiger partial charge in [0.1, 0.15) is 11.6 Å². The van der Waals surface area contributed by atoms with E-state index in [4.69, 9.17) is 0 Å². The molecule has 0 radical (unpaired) electrons. The number of rotatable bonds is 7. The van der Waals surface area contributed by atoms with E-state index in [1.165, 1.54) is 42.2 Å². The van der Waals surface area contributed by atoms with E-state index in [1.807, 2.05) is 0 Å². The predicted octanol–water partition coefficient (Wildman–Crippen LogP) is 4.65. The quantitative estimate of drug-likeness (QED) is 0.383. The molecule has 2 aliphatic rings. The van der Waals surface area contributed by atoms with Gasteiger partial charge in [-0.3, -0.25) is 4.79 Å². The Morgan fingerprint density at radius 3 is 2.38 bits per heavy atom. The maximum Gasteiger partial charge on any atom is 0.324 e. The standard InChI is InChI=1S/C28H29F4N5O2.ClH/c1-35-16-20(25(36(2)27(35)39)18-4-7-22(30)24(32)14-18)26(38)34-10-3-11-37-12-8-28(17-33,9-13-37)21-6-5-19(29)15-23(21)31;/h4-7,14-16,25H,3,8-13H2,1-2H3,(H,34,38);1H. The first-order valence-corrected chi connectivity index (χ1v) is 12.6. The van der Waals surface area contributed by atoms with Gasteiger partial charge >= 0.3 is 6.03 Å². The van der Waals surface area contributed by atoms with Gasteiger partial charge in [-0.1, -0.05) is 12.1 Å². The van der Waals surface area contributed by atoms with Gasteiger partial charge in [-0.2, -0.15) is 5.26 Å². The van der Waals surface area contributed by atoms with Crippen LogP contribution in [0.5, 0.6) is 0 Å². The molecule has 12 heteroatoms. The third-order valence-electron chi connectivity index (χ3n) is 7.45. The number of likely N-dealkylation sites (tertiary alicyclic amines) is 1. The largest absolute Gasteiger partial charge is 0.352 e. The highest BCUT2D eigenvalue weighted by Crippen LogP contribution is 2.37. The first-order valence-electron chi connectivity index (χ1n) is 12.6. The highest BCUT2D eigenvalue weighted by atomic mass is 35.5. The number of carbonyl (C=O) groups is 2. The molecule has 1 unspecified atom stereocenters. The number of benzene rings is 2. The minimum atomic E-state index is -1.07. The summed E-state index contributed by atoms with van der Waals surface area (Å²) in [6.07, 6.45) is 2.77. The van der Waals surface area contributed by atoms with E-state index in [0.29, 0.717) is 45.4 Å². The molecule has 1 N–H and O–H groups in total. The third-order valence-corrected chi connectivity index (χ3v) is 7.45. The van der Waals surface area contributed by atoms with Crippen molar-refractivity contribution in [2.24, 2.45) is 0 Å². The van der Waals surface area contributed by atoms with Crippen LogP contribution in [0.15, 0.2) is 48.2 Å². The number of halogens is 5. The monoisotopic (exact) mass is 579 g/mol. The summed E-state index contributed by atoms with van der Waals surface area (Å²) in [5.41, 5.74) is -0.321. The summed E-state index contributed by atoms with van der Waals surface area (Å²) in [5.74, 6) is -3.94. The number of hydrogen-bond acceptors (Lipinski definition) is 4. The van der Waals surface area contributed by atoms with Crippen LogP contribution in [0.3, 0.4) is 0 Å². The SMILES string of the molecule is CN1C=C(C(=O)NCCCN2CCC(C#N)(c3ccc(F)cc3F)CC2)C(c2ccc(F)c(F)c2)N(C)C1=O.Cl. The summed E-state index contributed by atoms with van der Waals surface area (Å²) in [6.45, 7) is 2.02. The van der Waals surface area contributed by atoms with E-state index in [2.05, 4.69) is 16.3 Å². The molecule has 7 nitrogen and oxygen atoms in total. The van der Waals surface area contributed by atoms with Crippen molar-refractivity contribution >= 4 is 24.3 Å². The summed E-state index contributed by atoms with van der Waals surface area (Å²) in [4.78, 5) is 30.3. The normalized spacial score (nSPS) is 19.0. The zero-order valence-electron chi connectivity index (χ0n) is 22.1. The van der Waals surface area contributed by atoms with Gasteiger partial charge in [-0.05, 0) is 62.7 Å². The van der Waals surface area contributed by atoms with Crippen molar-refractivity contribution in [3.8, 4) is 6.07 Å². The van der Waals surface area contributed by atoms with Crippen LogP contribution in [-0.4, -0.2) is 66.9 Å². The van der Waals surface area contributed by atoms with Gasteiger partial charge in [0.2, 0.25) is 0 Å². The lowest BCUT2D eigenvalue weighted by molar-refractivity contribution is -0.118. The summed E-state index contributed by atoms with van der Waals surface area (Å²) in [6, 6.07) is 7.53. The van der Waals surface area contributed by atoms with Gasteiger partial charge in [-0.25, -0.2) is 22.4 Å². The average Bonchev–Trinajstić information content (AvgIpc) is 2.91. The molecule has 1 fully saturated rings. The molecule has 0 saturated carbocycles. The van der Waals surface area contributed by atoms with Crippen molar-refractivity contribution in [3.63, 3.8) is 0 Å². The Bertz CT molecular complexity index is 1340. The summed E-state index contributed by atoms with van der Waals surface area (Å²) in [7, 11) is 2.99. The minimum Gasteiger partial charge on any atom is -0.352 e. The number of carbonyl (C=O) groups excluding carboxylic acids is 2. The molecule has 4 rings (SSSR count). The third kappa shape index (κ3) is 6.24. The zero-order valence-corrected chi connectivity index (χ0v) is 22.9. The number of nitriles is 1. The van der Waals surface area contributed by atoms with Gasteiger partial charge in [-0.15, -0.1) is 12.4 Å². The van der Waals surface area contributed by atoms with Crippen LogP contribution in [-0.2, 0) is 10.2 Å². The first-order chi connectivity index (χ1) is 18.6. The van der Waals surface area contributed by atoms with Crippen LogP contribution in [0.1, 0.15) is 36.4 Å². The molecule has 0 spiro atoms. The molecule has 0 bridgehead atoms. The summed E-state index contributed by atoms with van der Waals surface area (Å²) >= 11 is 0. The van der Waals surface area contributed by atoms with E-state index >= 15 is 0 Å². The van der Waals surface area contributed by atoms with Gasteiger partial charge in [0.15, 0.2) is 11.6 Å². The topological polar surface area (TPSA) is 79.7 Å². The Hall–Kier alpha value is -3.62. The van der Waals surface area contributed by atoms with Gasteiger partial charge < -0.3 is 20.0 Å². The Balaban J connectivity index is 0.00000441. The second-order valence-corrected chi connectivity index (χ2v) is 9.93. The lowest BCUT2D eigenvalue weighted by Gasteiger charge is -2.38. The molecule has 214 valence electrons. The number of nitrogens with zero attached hydrogens (tertiary/aromatic N) is 4. The Morgan fingerprint density at radius 2 is 1.75 bits per heavy atom. The van der Waals surface area contributed by atoms with Crippen LogP contribution < -0.4 is 5.32 Å². The highest BCUT2D eigenvalue weighted by Gasteiger charge is 2.39. The van der Waals surface area contributed by atoms with Crippen molar-refractivity contribution in [2.45, 2.75) is 30.7 Å². The van der Waals surface area contributed by atoms with Crippen molar-refractivity contribution in [2.75, 3.05) is 40.3 Å². The van der Waals surface area contributed by atoms with Crippen LogP contribution in [0.25, 0.3) is 0 Å². The van der Waals surface area contributed by atoms with Gasteiger partial charge in [0.05, 0.1) is 23.1 Å². The van der Waals surface area contributed by atoms with E-state index in [-0.39, 0.29) is 29.1 Å². The summed E-state index contributed by atoms with van der Waals surface area (Å²) < 4.78 is 55.1. The van der Waals surface area contributed by atoms with E-state index in [9.17, 15) is 32.4 Å². The zero-order chi connectivity index (χ0) is 28.3. The number of urea groups is 1. The molecule has 0 aliphatic carbocycles. The fourth-order valence-corrected chi connectivity index (χ4v) is 5.25. The Labute approximate surface area is 236 Å². The molecule has 3 amide bonds. The molecule has 1 saturated heterocycles. The highest BCUT2D eigenvalue weighted by molar-refractivity contribution is 5.97. The molecule has 2 aromatic rings. The number of amides is 3. The second-order valence-electron chi connectivity index (χ2n) is 9.93. The van der Waals surface area contributed by atoms with Crippen LogP contribution in [0, 0.1) is 34.6 Å². The Kier molecular flexibility index (Phi) is 9.82. The number of hydrogen-bond donors (Lipinski definition) is 1. The maximum absolute atomic E-state index is 14.4. The van der Waals surface area contributed by atoms with Gasteiger partial charge in [0, 0.05) is 38.5 Å². The van der Waals surface area contributed by atoms with Crippen molar-refractivity contribution in [1.82, 2.24) is 20.0 Å². The predicted molar refractivity (Wildman–Crippen MR) is 142 cm³/mol. The summed E-state index contributed by atoms with van der Waals surface area (Å²) in [5, 5.41) is 12.6. The number of nitrogens with one attached hydrogen (secondary N) is 1. The van der Waals surface area contributed by atoms with Crippen LogP contribution in [0.4, 0.5) is 22.4 Å². The lowest BCUT2D eigenvalue weighted by atomic mass is 9.73. The van der Waals surface area contributed by atoms with Crippen molar-refractivity contribution in [1.29, 1.82) is 5.26 Å². The van der Waals surface area contributed by atoms with Crippen molar-refractivity contribution < 1.29 is 27.2 Å². The average molecular weight is 580 g/mol. The van der Waals surface area contributed by atoms with Crippen LogP contribution in [0.2, 0.25) is 0 Å². The molecule has 0 aromatic heterocycles. The van der Waals surface area contributed by atoms with Crippen molar-refractivity contribution in [3.05, 3.63) is 82.6 Å². The van der Waals surface area contributed by atoms with Gasteiger partial charge in [0.25, 0.3) is 5.91 Å². The molecular formula is C28H30ClF4N5O2. The second kappa shape index (κ2) is 12.7. The Morgan fingerprint density at radius 1 is 1.05 bits per heavy atom. The molecule has 40 heavy (non-hydrogen) atoms. The van der Waals surface area contributed by atoms with E-state index in [1.54, 1.807) is 0 Å². The van der Waals surface area contributed by atoms with Crippen LogP contribution >= 0.6 is 12.4 Å². The van der Waals surface area contributed by atoms with E-state index in [0.717, 1.165) is 24.3 Å². The molecule has 2 heterocycles. The lowest BCUT2D eigenvalue weighted by Crippen LogP contribution is -2.46. The van der Waals surface area contributed by atoms with E-state index < -0.39 is 46.7 Å². The fraction of sp³-hybridized carbons (Fsp3) is 0.393. The first kappa shape index (κ1) is 30.9. The maximum atomic E-state index is 14.4. The molecule has 2 aliphatic heterocycles. The molecular weight excluding hydrogens is 550 g/mol.